The van der Waals surface area contributed by atoms with E-state index in [1.807, 2.05) is 0 Å². The van der Waals surface area contributed by atoms with E-state index in [1.54, 1.807) is 25.1 Å². The first-order valence-corrected chi connectivity index (χ1v) is 7.23. The van der Waals surface area contributed by atoms with Crippen LogP contribution < -0.4 is 10.6 Å². The zero-order valence-corrected chi connectivity index (χ0v) is 13.3. The number of fused-ring (bicyclic) bond motifs is 1. The smallest absolute Gasteiger partial charge is 0.372 e. The normalized spacial score (nSPS) is 11.4. The second-order valence-electron chi connectivity index (χ2n) is 5.27. The van der Waals surface area contributed by atoms with Crippen LogP contribution in [0.5, 0.6) is 0 Å². The van der Waals surface area contributed by atoms with Crippen LogP contribution in [0.2, 0.25) is 0 Å². The highest BCUT2D eigenvalue weighted by atomic mass is 19.4. The van der Waals surface area contributed by atoms with Crippen molar-refractivity contribution in [1.82, 2.24) is 15.0 Å². The average molecular weight is 346 g/mol. The van der Waals surface area contributed by atoms with E-state index in [2.05, 4.69) is 30.4 Å². The summed E-state index contributed by atoms with van der Waals surface area (Å²) in [5.41, 5.74) is 1.51. The molecule has 0 radical (unpaired) electrons. The van der Waals surface area contributed by atoms with Crippen molar-refractivity contribution in [2.24, 2.45) is 0 Å². The lowest BCUT2D eigenvalue weighted by molar-refractivity contribution is -0.137. The molecule has 25 heavy (non-hydrogen) atoms. The number of alkyl halides is 3. The third kappa shape index (κ3) is 2.94. The van der Waals surface area contributed by atoms with Crippen LogP contribution in [0.15, 0.2) is 24.4 Å². The first-order chi connectivity index (χ1) is 11.8. The Morgan fingerprint density at radius 2 is 2.04 bits per heavy atom. The summed E-state index contributed by atoms with van der Waals surface area (Å²) in [6.07, 6.45) is -3.81. The van der Waals surface area contributed by atoms with Crippen molar-refractivity contribution in [3.05, 3.63) is 47.1 Å². The van der Waals surface area contributed by atoms with Gasteiger partial charge in [-0.05, 0) is 6.92 Å². The number of para-hydroxylation sites is 1. The van der Waals surface area contributed by atoms with Gasteiger partial charge >= 0.3 is 6.18 Å². The zero-order valence-electron chi connectivity index (χ0n) is 13.3. The third-order valence-corrected chi connectivity index (χ3v) is 3.69. The Kier molecular flexibility index (Phi) is 3.96. The number of aromatic amines is 1. The lowest BCUT2D eigenvalue weighted by atomic mass is 10.2. The number of H-pyrrole nitrogens is 1. The molecule has 6 nitrogen and oxygen atoms in total. The topological polar surface area (TPSA) is 70.0 Å². The molecule has 0 amide bonds. The van der Waals surface area contributed by atoms with Gasteiger partial charge < -0.3 is 15.6 Å². The Morgan fingerprint density at radius 3 is 2.68 bits per heavy atom. The van der Waals surface area contributed by atoms with Crippen molar-refractivity contribution in [3.63, 3.8) is 0 Å². The van der Waals surface area contributed by atoms with Crippen LogP contribution in [0, 0.1) is 13.5 Å². The number of hydrogen-bond acceptors (Lipinski definition) is 4. The minimum Gasteiger partial charge on any atom is -0.372 e. The molecule has 0 fully saturated rings. The van der Waals surface area contributed by atoms with Crippen LogP contribution in [-0.4, -0.2) is 22.0 Å². The SMILES string of the molecule is [C-]#[N+]c1cccc2c(Nc3ncc(C(F)(F)F)c(NC)n3)c(C)[nH]c12. The minimum atomic E-state index is -4.54. The van der Waals surface area contributed by atoms with Crippen molar-refractivity contribution in [2.75, 3.05) is 17.7 Å². The number of aromatic nitrogens is 3. The summed E-state index contributed by atoms with van der Waals surface area (Å²) in [7, 11) is 1.36. The maximum atomic E-state index is 12.9. The quantitative estimate of drug-likeness (QED) is 0.605. The van der Waals surface area contributed by atoms with Crippen LogP contribution in [0.1, 0.15) is 11.3 Å². The molecule has 3 N–H and O–H groups in total. The Bertz CT molecular complexity index is 984. The molecule has 0 atom stereocenters. The highest BCUT2D eigenvalue weighted by molar-refractivity contribution is 6.02. The van der Waals surface area contributed by atoms with Crippen molar-refractivity contribution in [1.29, 1.82) is 0 Å². The summed E-state index contributed by atoms with van der Waals surface area (Å²) in [6.45, 7) is 9.00. The van der Waals surface area contributed by atoms with E-state index in [4.69, 9.17) is 6.57 Å². The molecule has 0 aliphatic carbocycles. The molecule has 0 aliphatic heterocycles. The van der Waals surface area contributed by atoms with Gasteiger partial charge in [0.1, 0.15) is 11.4 Å². The molecular weight excluding hydrogens is 333 g/mol. The molecule has 1 aromatic carbocycles. The number of aryl methyl sites for hydroxylation is 1. The van der Waals surface area contributed by atoms with Crippen molar-refractivity contribution >= 4 is 34.0 Å². The molecule has 0 unspecified atom stereocenters. The maximum absolute atomic E-state index is 12.9. The number of hydrogen-bond donors (Lipinski definition) is 3. The molecule has 2 heterocycles. The van der Waals surface area contributed by atoms with Crippen molar-refractivity contribution in [2.45, 2.75) is 13.1 Å². The number of rotatable bonds is 3. The Balaban J connectivity index is 2.05. The lowest BCUT2D eigenvalue weighted by Gasteiger charge is -2.13. The Labute approximate surface area is 140 Å². The molecule has 0 aliphatic rings. The van der Waals surface area contributed by atoms with Gasteiger partial charge in [0.2, 0.25) is 11.6 Å². The van der Waals surface area contributed by atoms with E-state index in [1.165, 1.54) is 7.05 Å². The fourth-order valence-electron chi connectivity index (χ4n) is 2.54. The lowest BCUT2D eigenvalue weighted by Crippen LogP contribution is -2.12. The molecule has 0 saturated carbocycles. The molecule has 3 rings (SSSR count). The average Bonchev–Trinajstić information content (AvgIpc) is 2.89. The molecule has 0 bridgehead atoms. The molecule has 128 valence electrons. The molecule has 3 aromatic rings. The fraction of sp³-hybridized carbons (Fsp3) is 0.188. The Morgan fingerprint density at radius 1 is 1.28 bits per heavy atom. The minimum absolute atomic E-state index is 0.0227. The first-order valence-electron chi connectivity index (χ1n) is 7.23. The molecular formula is C16H13F3N6. The largest absolute Gasteiger partial charge is 0.421 e. The molecule has 2 aromatic heterocycles. The fourth-order valence-corrected chi connectivity index (χ4v) is 2.54. The molecule has 0 spiro atoms. The second-order valence-corrected chi connectivity index (χ2v) is 5.27. The van der Waals surface area contributed by atoms with E-state index >= 15 is 0 Å². The van der Waals surface area contributed by atoms with Crippen LogP contribution in [0.25, 0.3) is 15.7 Å². The standard InChI is InChI=1S/C16H13F3N6/c1-8-12(9-5-4-6-11(20-2)13(9)23-8)24-15-22-7-10(16(17,18)19)14(21-3)25-15/h4-7,23H,1,3H3,(H2,21,22,24,25). The number of benzene rings is 1. The van der Waals surface area contributed by atoms with Gasteiger partial charge in [0.05, 0.1) is 17.8 Å². The van der Waals surface area contributed by atoms with E-state index in [0.29, 0.717) is 16.9 Å². The van der Waals surface area contributed by atoms with Crippen LogP contribution in [-0.2, 0) is 6.18 Å². The van der Waals surface area contributed by atoms with Gasteiger partial charge in [0.25, 0.3) is 0 Å². The van der Waals surface area contributed by atoms with Gasteiger partial charge in [-0.2, -0.15) is 18.2 Å². The van der Waals surface area contributed by atoms with Crippen LogP contribution in [0.3, 0.4) is 0 Å². The summed E-state index contributed by atoms with van der Waals surface area (Å²) in [4.78, 5) is 14.2. The molecule has 9 heteroatoms. The van der Waals surface area contributed by atoms with Crippen molar-refractivity contribution < 1.29 is 13.2 Å². The van der Waals surface area contributed by atoms with Gasteiger partial charge in [-0.3, -0.25) is 0 Å². The number of nitrogens with one attached hydrogen (secondary N) is 3. The van der Waals surface area contributed by atoms with Crippen LogP contribution in [0.4, 0.5) is 36.3 Å². The number of anilines is 3. The predicted molar refractivity (Wildman–Crippen MR) is 89.2 cm³/mol. The summed E-state index contributed by atoms with van der Waals surface area (Å²) < 4.78 is 38.8. The number of halogens is 3. The number of nitrogens with zero attached hydrogens (tertiary/aromatic N) is 3. The summed E-state index contributed by atoms with van der Waals surface area (Å²) in [6, 6.07) is 5.22. The third-order valence-electron chi connectivity index (χ3n) is 3.69. The second kappa shape index (κ2) is 5.98. The van der Waals surface area contributed by atoms with Gasteiger partial charge in [0.15, 0.2) is 0 Å². The highest BCUT2D eigenvalue weighted by Crippen LogP contribution is 2.36. The first kappa shape index (κ1) is 16.6. The van der Waals surface area contributed by atoms with Crippen LogP contribution >= 0.6 is 0 Å². The van der Waals surface area contributed by atoms with Crippen molar-refractivity contribution in [3.8, 4) is 0 Å². The summed E-state index contributed by atoms with van der Waals surface area (Å²) in [5, 5.41) is 6.11. The maximum Gasteiger partial charge on any atom is 0.421 e. The van der Waals surface area contributed by atoms with Gasteiger partial charge in [-0.1, -0.05) is 18.2 Å². The van der Waals surface area contributed by atoms with E-state index in [0.717, 1.165) is 17.3 Å². The van der Waals surface area contributed by atoms with E-state index in [-0.39, 0.29) is 11.8 Å². The monoisotopic (exact) mass is 346 g/mol. The summed E-state index contributed by atoms with van der Waals surface area (Å²) >= 11 is 0. The highest BCUT2D eigenvalue weighted by Gasteiger charge is 2.35. The van der Waals surface area contributed by atoms with Gasteiger partial charge in [-0.15, -0.1) is 0 Å². The van der Waals surface area contributed by atoms with E-state index < -0.39 is 11.7 Å². The zero-order chi connectivity index (χ0) is 18.2. The predicted octanol–water partition coefficient (Wildman–Crippen LogP) is 4.62. The Hall–Kier alpha value is -3.28. The summed E-state index contributed by atoms with van der Waals surface area (Å²) in [5.74, 6) is -0.293. The van der Waals surface area contributed by atoms with E-state index in [9.17, 15) is 13.2 Å². The van der Waals surface area contributed by atoms with Gasteiger partial charge in [-0.25, -0.2) is 9.83 Å². The van der Waals surface area contributed by atoms with Gasteiger partial charge in [0, 0.05) is 24.3 Å². The molecule has 0 saturated heterocycles.